The standard InChI is InChI=1S/C30H34FNO4/c1-5-6-17-34-27-25-18-24(32-19-21-9-13-23(31)14-10-21)15-16-26(25)36-30(3,4)28(27)35-29(33)22-11-7-20(2)8-12-22/h7-16,18,27-28,32H,5-6,17,19H2,1-4H3. The van der Waals surface area contributed by atoms with Gasteiger partial charge in [-0.25, -0.2) is 9.18 Å². The highest BCUT2D eigenvalue weighted by Gasteiger charge is 2.47. The molecule has 0 bridgehead atoms. The molecule has 0 aromatic heterocycles. The second kappa shape index (κ2) is 11.1. The fraction of sp³-hybridized carbons (Fsp3) is 0.367. The molecule has 5 nitrogen and oxygen atoms in total. The van der Waals surface area contributed by atoms with Crippen LogP contribution in [0.5, 0.6) is 5.75 Å². The van der Waals surface area contributed by atoms with Crippen LogP contribution in [0.4, 0.5) is 10.1 Å². The Morgan fingerprint density at radius 3 is 2.47 bits per heavy atom. The van der Waals surface area contributed by atoms with E-state index in [4.69, 9.17) is 14.2 Å². The number of carbonyl (C=O) groups is 1. The molecule has 0 fully saturated rings. The molecule has 2 unspecified atom stereocenters. The van der Waals surface area contributed by atoms with Gasteiger partial charge >= 0.3 is 5.97 Å². The predicted molar refractivity (Wildman–Crippen MR) is 139 cm³/mol. The van der Waals surface area contributed by atoms with Crippen LogP contribution in [0.25, 0.3) is 0 Å². The van der Waals surface area contributed by atoms with Gasteiger partial charge in [0.1, 0.15) is 23.3 Å². The molecule has 36 heavy (non-hydrogen) atoms. The topological polar surface area (TPSA) is 56.8 Å². The molecular weight excluding hydrogens is 457 g/mol. The molecule has 1 aliphatic rings. The molecule has 0 spiro atoms. The third-order valence-electron chi connectivity index (χ3n) is 6.38. The van der Waals surface area contributed by atoms with Crippen molar-refractivity contribution in [2.24, 2.45) is 0 Å². The fourth-order valence-corrected chi connectivity index (χ4v) is 4.26. The molecule has 3 aromatic carbocycles. The van der Waals surface area contributed by atoms with Gasteiger partial charge in [-0.05, 0) is 75.2 Å². The summed E-state index contributed by atoms with van der Waals surface area (Å²) in [5, 5.41) is 3.38. The zero-order valence-corrected chi connectivity index (χ0v) is 21.3. The summed E-state index contributed by atoms with van der Waals surface area (Å²) in [6.45, 7) is 9.00. The molecule has 1 N–H and O–H groups in total. The van der Waals surface area contributed by atoms with Crippen LogP contribution in [0.3, 0.4) is 0 Å². The maximum atomic E-state index is 13.2. The molecule has 0 amide bonds. The zero-order valence-electron chi connectivity index (χ0n) is 21.3. The largest absolute Gasteiger partial charge is 0.483 e. The Morgan fingerprint density at radius 1 is 1.06 bits per heavy atom. The number of unbranched alkanes of at least 4 members (excludes halogenated alkanes) is 1. The van der Waals surface area contributed by atoms with E-state index in [1.807, 2.05) is 51.1 Å². The third kappa shape index (κ3) is 6.05. The van der Waals surface area contributed by atoms with E-state index < -0.39 is 23.8 Å². The van der Waals surface area contributed by atoms with Gasteiger partial charge in [0.25, 0.3) is 0 Å². The second-order valence-electron chi connectivity index (χ2n) is 9.78. The highest BCUT2D eigenvalue weighted by atomic mass is 19.1. The van der Waals surface area contributed by atoms with Gasteiger partial charge in [-0.15, -0.1) is 0 Å². The number of ether oxygens (including phenoxy) is 3. The van der Waals surface area contributed by atoms with E-state index in [2.05, 4.69) is 12.2 Å². The van der Waals surface area contributed by atoms with E-state index in [0.29, 0.717) is 24.5 Å². The van der Waals surface area contributed by atoms with Crippen LogP contribution in [0.15, 0.2) is 66.7 Å². The molecule has 0 radical (unpaired) electrons. The van der Waals surface area contributed by atoms with Gasteiger partial charge in [-0.3, -0.25) is 0 Å². The number of halogens is 1. The monoisotopic (exact) mass is 491 g/mol. The highest BCUT2D eigenvalue weighted by molar-refractivity contribution is 5.89. The average Bonchev–Trinajstić information content (AvgIpc) is 2.85. The van der Waals surface area contributed by atoms with Crippen molar-refractivity contribution in [3.63, 3.8) is 0 Å². The van der Waals surface area contributed by atoms with Crippen molar-refractivity contribution in [1.82, 2.24) is 0 Å². The van der Waals surface area contributed by atoms with Crippen molar-refractivity contribution in [3.8, 4) is 5.75 Å². The second-order valence-corrected chi connectivity index (χ2v) is 9.78. The summed E-state index contributed by atoms with van der Waals surface area (Å²) in [4.78, 5) is 13.1. The summed E-state index contributed by atoms with van der Waals surface area (Å²) in [7, 11) is 0. The van der Waals surface area contributed by atoms with Crippen molar-refractivity contribution in [1.29, 1.82) is 0 Å². The van der Waals surface area contributed by atoms with Crippen molar-refractivity contribution in [2.45, 2.75) is 64.9 Å². The summed E-state index contributed by atoms with van der Waals surface area (Å²) < 4.78 is 32.0. The molecule has 0 saturated heterocycles. The molecule has 1 aliphatic heterocycles. The lowest BCUT2D eigenvalue weighted by Crippen LogP contribution is -2.51. The summed E-state index contributed by atoms with van der Waals surface area (Å²) in [6, 6.07) is 19.6. The van der Waals surface area contributed by atoms with Gasteiger partial charge in [-0.2, -0.15) is 0 Å². The van der Waals surface area contributed by atoms with Crippen LogP contribution < -0.4 is 10.1 Å². The maximum Gasteiger partial charge on any atom is 0.338 e. The van der Waals surface area contributed by atoms with E-state index in [1.165, 1.54) is 12.1 Å². The van der Waals surface area contributed by atoms with E-state index >= 15 is 0 Å². The Balaban J connectivity index is 1.60. The van der Waals surface area contributed by atoms with E-state index in [9.17, 15) is 9.18 Å². The summed E-state index contributed by atoms with van der Waals surface area (Å²) in [5.74, 6) is 0.0388. The number of anilines is 1. The smallest absolute Gasteiger partial charge is 0.338 e. The number of hydrogen-bond acceptors (Lipinski definition) is 5. The van der Waals surface area contributed by atoms with Crippen LogP contribution in [-0.2, 0) is 16.0 Å². The molecule has 1 heterocycles. The number of hydrogen-bond donors (Lipinski definition) is 1. The molecule has 3 aromatic rings. The quantitative estimate of drug-likeness (QED) is 0.258. The van der Waals surface area contributed by atoms with Crippen LogP contribution >= 0.6 is 0 Å². The first kappa shape index (κ1) is 25.7. The Morgan fingerprint density at radius 2 is 1.78 bits per heavy atom. The first-order valence-electron chi connectivity index (χ1n) is 12.5. The minimum Gasteiger partial charge on any atom is -0.483 e. The zero-order chi connectivity index (χ0) is 25.7. The number of fused-ring (bicyclic) bond motifs is 1. The average molecular weight is 492 g/mol. The molecule has 0 saturated carbocycles. The van der Waals surface area contributed by atoms with E-state index in [0.717, 1.165) is 35.2 Å². The molecular formula is C30H34FNO4. The SMILES string of the molecule is CCCCOC1c2cc(NCc3ccc(F)cc3)ccc2OC(C)(C)C1OC(=O)c1ccc(C)cc1. The van der Waals surface area contributed by atoms with Crippen molar-refractivity contribution in [2.75, 3.05) is 11.9 Å². The van der Waals surface area contributed by atoms with Crippen LogP contribution in [0, 0.1) is 12.7 Å². The fourth-order valence-electron chi connectivity index (χ4n) is 4.26. The predicted octanol–water partition coefficient (Wildman–Crippen LogP) is 7.00. The lowest BCUT2D eigenvalue weighted by molar-refractivity contribution is -0.140. The Bertz CT molecular complexity index is 1170. The molecule has 4 rings (SSSR count). The van der Waals surface area contributed by atoms with E-state index in [1.54, 1.807) is 24.3 Å². The maximum absolute atomic E-state index is 13.2. The Kier molecular flexibility index (Phi) is 7.94. The Labute approximate surface area is 212 Å². The summed E-state index contributed by atoms with van der Waals surface area (Å²) in [5.41, 5.74) is 3.43. The minimum atomic E-state index is -0.798. The van der Waals surface area contributed by atoms with Gasteiger partial charge in [0, 0.05) is 24.4 Å². The van der Waals surface area contributed by atoms with Crippen LogP contribution in [0.1, 0.15) is 66.8 Å². The number of rotatable bonds is 9. The van der Waals surface area contributed by atoms with Gasteiger partial charge in [0.15, 0.2) is 6.10 Å². The van der Waals surface area contributed by atoms with Gasteiger partial charge in [0.05, 0.1) is 5.56 Å². The molecule has 190 valence electrons. The first-order valence-corrected chi connectivity index (χ1v) is 12.5. The number of aryl methyl sites for hydroxylation is 1. The number of esters is 1. The summed E-state index contributed by atoms with van der Waals surface area (Å²) in [6.07, 6.45) is 0.751. The van der Waals surface area contributed by atoms with Gasteiger partial charge in [-0.1, -0.05) is 43.2 Å². The van der Waals surface area contributed by atoms with Crippen molar-refractivity contribution >= 4 is 11.7 Å². The van der Waals surface area contributed by atoms with Gasteiger partial charge < -0.3 is 19.5 Å². The van der Waals surface area contributed by atoms with Gasteiger partial charge in [0.2, 0.25) is 0 Å². The van der Waals surface area contributed by atoms with Crippen LogP contribution in [0.2, 0.25) is 0 Å². The Hall–Kier alpha value is -3.38. The lowest BCUT2D eigenvalue weighted by atomic mass is 9.87. The molecule has 0 aliphatic carbocycles. The normalized spacial score (nSPS) is 18.1. The molecule has 6 heteroatoms. The highest BCUT2D eigenvalue weighted by Crippen LogP contribution is 2.44. The van der Waals surface area contributed by atoms with E-state index in [-0.39, 0.29) is 5.82 Å². The lowest BCUT2D eigenvalue weighted by Gasteiger charge is -2.43. The third-order valence-corrected chi connectivity index (χ3v) is 6.38. The van der Waals surface area contributed by atoms with Crippen molar-refractivity contribution in [3.05, 3.63) is 94.8 Å². The van der Waals surface area contributed by atoms with Crippen molar-refractivity contribution < 1.29 is 23.4 Å². The number of carbonyl (C=O) groups excluding carboxylic acids is 1. The number of nitrogens with one attached hydrogen (secondary N) is 1. The first-order chi connectivity index (χ1) is 17.3. The molecule has 2 atom stereocenters. The number of benzene rings is 3. The summed E-state index contributed by atoms with van der Waals surface area (Å²) >= 11 is 0. The minimum absolute atomic E-state index is 0.259. The van der Waals surface area contributed by atoms with Crippen LogP contribution in [-0.4, -0.2) is 24.3 Å².